The molecule has 2 unspecified atom stereocenters. The first-order chi connectivity index (χ1) is 9.55. The van der Waals surface area contributed by atoms with Crippen molar-refractivity contribution in [3.63, 3.8) is 0 Å². The van der Waals surface area contributed by atoms with Crippen LogP contribution < -0.4 is 4.74 Å². The van der Waals surface area contributed by atoms with Gasteiger partial charge in [-0.2, -0.15) is 5.26 Å². The molecule has 6 heteroatoms. The van der Waals surface area contributed by atoms with Gasteiger partial charge in [-0.05, 0) is 17.7 Å². The van der Waals surface area contributed by atoms with E-state index in [1.54, 1.807) is 23.1 Å². The molecule has 1 saturated heterocycles. The van der Waals surface area contributed by atoms with Crippen molar-refractivity contribution >= 4 is 5.97 Å². The van der Waals surface area contributed by atoms with E-state index in [0.29, 0.717) is 24.4 Å². The Morgan fingerprint density at radius 1 is 1.60 bits per heavy atom. The van der Waals surface area contributed by atoms with Crippen LogP contribution in [0, 0.1) is 11.3 Å². The molecule has 1 aromatic carbocycles. The van der Waals surface area contributed by atoms with Gasteiger partial charge < -0.3 is 14.9 Å². The fourth-order valence-electron chi connectivity index (χ4n) is 2.47. The van der Waals surface area contributed by atoms with Crippen LogP contribution in [0.15, 0.2) is 18.2 Å². The second-order valence-electron chi connectivity index (χ2n) is 4.82. The van der Waals surface area contributed by atoms with Crippen LogP contribution in [-0.4, -0.2) is 46.9 Å². The zero-order valence-electron chi connectivity index (χ0n) is 11.1. The number of hydrogen-bond donors (Lipinski definition) is 2. The number of methoxy groups -OCH3 is 1. The molecule has 1 aromatic rings. The molecule has 1 fully saturated rings. The monoisotopic (exact) mass is 276 g/mol. The summed E-state index contributed by atoms with van der Waals surface area (Å²) in [6, 6.07) is 6.50. The molecular weight excluding hydrogens is 260 g/mol. The van der Waals surface area contributed by atoms with E-state index in [9.17, 15) is 9.90 Å². The van der Waals surface area contributed by atoms with Crippen LogP contribution in [-0.2, 0) is 11.3 Å². The fraction of sp³-hybridized carbons (Fsp3) is 0.429. The van der Waals surface area contributed by atoms with Crippen LogP contribution in [0.4, 0.5) is 0 Å². The Kier molecular flexibility index (Phi) is 4.23. The molecule has 2 rings (SSSR count). The molecule has 2 N–H and O–H groups in total. The third kappa shape index (κ3) is 2.90. The lowest BCUT2D eigenvalue weighted by Gasteiger charge is -2.21. The number of hydrogen-bond acceptors (Lipinski definition) is 5. The van der Waals surface area contributed by atoms with Crippen LogP contribution >= 0.6 is 0 Å². The van der Waals surface area contributed by atoms with Gasteiger partial charge in [0.15, 0.2) is 0 Å². The molecule has 1 heterocycles. The summed E-state index contributed by atoms with van der Waals surface area (Å²) in [6.07, 6.45) is -0.376. The third-order valence-electron chi connectivity index (χ3n) is 3.44. The van der Waals surface area contributed by atoms with Gasteiger partial charge in [-0.1, -0.05) is 6.07 Å². The Morgan fingerprint density at radius 2 is 2.35 bits per heavy atom. The number of aliphatic hydroxyl groups excluding tert-OH is 1. The average Bonchev–Trinajstić information content (AvgIpc) is 2.79. The number of likely N-dealkylation sites (tertiary alicyclic amines) is 1. The van der Waals surface area contributed by atoms with E-state index in [1.807, 2.05) is 6.07 Å². The molecule has 0 spiro atoms. The highest BCUT2D eigenvalue weighted by Crippen LogP contribution is 2.24. The zero-order valence-corrected chi connectivity index (χ0v) is 11.1. The molecule has 0 radical (unpaired) electrons. The number of rotatable bonds is 4. The van der Waals surface area contributed by atoms with Crippen molar-refractivity contribution < 1.29 is 19.7 Å². The maximum absolute atomic E-state index is 11.2. The van der Waals surface area contributed by atoms with Crippen LogP contribution in [0.25, 0.3) is 0 Å². The van der Waals surface area contributed by atoms with Gasteiger partial charge in [0.2, 0.25) is 0 Å². The molecule has 0 aliphatic carbocycles. The maximum atomic E-state index is 11.2. The molecule has 0 bridgehead atoms. The van der Waals surface area contributed by atoms with Gasteiger partial charge in [-0.25, -0.2) is 0 Å². The Labute approximate surface area is 116 Å². The standard InChI is InChI=1S/C14H16N2O4/c1-20-13-4-9(2-3-10(13)6-15)7-16-8-11(17)5-12(16)14(18)19/h2-4,11-12,17H,5,7-8H2,1H3,(H,18,19). The summed E-state index contributed by atoms with van der Waals surface area (Å²) in [5.41, 5.74) is 1.29. The lowest BCUT2D eigenvalue weighted by Crippen LogP contribution is -2.35. The number of benzene rings is 1. The second kappa shape index (κ2) is 5.90. The Hall–Kier alpha value is -2.10. The van der Waals surface area contributed by atoms with E-state index in [4.69, 9.17) is 15.1 Å². The molecule has 106 valence electrons. The van der Waals surface area contributed by atoms with Gasteiger partial charge in [-0.3, -0.25) is 9.69 Å². The quantitative estimate of drug-likeness (QED) is 0.835. The lowest BCUT2D eigenvalue weighted by molar-refractivity contribution is -0.142. The summed E-state index contributed by atoms with van der Waals surface area (Å²) in [5, 5.41) is 27.7. The third-order valence-corrected chi connectivity index (χ3v) is 3.44. The molecule has 2 atom stereocenters. The highest BCUT2D eigenvalue weighted by molar-refractivity contribution is 5.74. The van der Waals surface area contributed by atoms with Crippen LogP contribution in [0.5, 0.6) is 5.75 Å². The summed E-state index contributed by atoms with van der Waals surface area (Å²) in [4.78, 5) is 12.9. The SMILES string of the molecule is COc1cc(CN2CC(O)CC2C(=O)O)ccc1C#N. The maximum Gasteiger partial charge on any atom is 0.321 e. The Bertz CT molecular complexity index is 553. The van der Waals surface area contributed by atoms with Gasteiger partial charge in [0.1, 0.15) is 17.9 Å². The van der Waals surface area contributed by atoms with Crippen LogP contribution in [0.3, 0.4) is 0 Å². The van der Waals surface area contributed by atoms with Crippen LogP contribution in [0.1, 0.15) is 17.5 Å². The van der Waals surface area contributed by atoms with Gasteiger partial charge in [0.25, 0.3) is 0 Å². The molecule has 1 aliphatic rings. The van der Waals surface area contributed by atoms with Gasteiger partial charge in [0, 0.05) is 19.5 Å². The van der Waals surface area contributed by atoms with E-state index in [2.05, 4.69) is 0 Å². The average molecular weight is 276 g/mol. The van der Waals surface area contributed by atoms with E-state index < -0.39 is 18.1 Å². The van der Waals surface area contributed by atoms with Crippen molar-refractivity contribution in [2.24, 2.45) is 0 Å². The van der Waals surface area contributed by atoms with E-state index in [-0.39, 0.29) is 6.42 Å². The van der Waals surface area contributed by atoms with Gasteiger partial charge in [0.05, 0.1) is 18.8 Å². The molecule has 6 nitrogen and oxygen atoms in total. The molecule has 1 aliphatic heterocycles. The molecule has 0 amide bonds. The summed E-state index contributed by atoms with van der Waals surface area (Å²) in [5.74, 6) is -0.459. The van der Waals surface area contributed by atoms with Crippen LogP contribution in [0.2, 0.25) is 0 Å². The summed E-state index contributed by atoms with van der Waals surface area (Å²) in [6.45, 7) is 0.732. The minimum atomic E-state index is -0.929. The number of nitrogens with zero attached hydrogens (tertiary/aromatic N) is 2. The fourth-order valence-corrected chi connectivity index (χ4v) is 2.47. The van der Waals surface area contributed by atoms with E-state index in [1.165, 1.54) is 7.11 Å². The molecule has 20 heavy (non-hydrogen) atoms. The topological polar surface area (TPSA) is 93.8 Å². The first-order valence-corrected chi connectivity index (χ1v) is 6.27. The summed E-state index contributed by atoms with van der Waals surface area (Å²) >= 11 is 0. The van der Waals surface area contributed by atoms with Crippen molar-refractivity contribution in [2.75, 3.05) is 13.7 Å². The number of carboxylic acid groups (broad SMARTS) is 1. The number of carboxylic acids is 1. The summed E-state index contributed by atoms with van der Waals surface area (Å²) < 4.78 is 5.13. The highest BCUT2D eigenvalue weighted by atomic mass is 16.5. The van der Waals surface area contributed by atoms with Crippen molar-refractivity contribution in [2.45, 2.75) is 25.1 Å². The van der Waals surface area contributed by atoms with Crippen molar-refractivity contribution in [3.05, 3.63) is 29.3 Å². The largest absolute Gasteiger partial charge is 0.495 e. The first kappa shape index (κ1) is 14.3. The number of aliphatic hydroxyl groups is 1. The Balaban J connectivity index is 2.17. The van der Waals surface area contributed by atoms with E-state index >= 15 is 0 Å². The molecule has 0 saturated carbocycles. The second-order valence-corrected chi connectivity index (χ2v) is 4.82. The minimum Gasteiger partial charge on any atom is -0.495 e. The number of aliphatic carboxylic acids is 1. The van der Waals surface area contributed by atoms with E-state index in [0.717, 1.165) is 5.56 Å². The smallest absolute Gasteiger partial charge is 0.321 e. The number of nitriles is 1. The number of ether oxygens (including phenoxy) is 1. The molecule has 0 aromatic heterocycles. The summed E-state index contributed by atoms with van der Waals surface area (Å²) in [7, 11) is 1.49. The highest BCUT2D eigenvalue weighted by Gasteiger charge is 2.35. The Morgan fingerprint density at radius 3 is 2.95 bits per heavy atom. The minimum absolute atomic E-state index is 0.239. The van der Waals surface area contributed by atoms with Crippen molar-refractivity contribution in [1.29, 1.82) is 5.26 Å². The predicted octanol–water partition coefficient (Wildman–Crippen LogP) is 0.587. The van der Waals surface area contributed by atoms with Crippen molar-refractivity contribution in [1.82, 2.24) is 4.90 Å². The number of carbonyl (C=O) groups is 1. The zero-order chi connectivity index (χ0) is 14.7. The molecular formula is C14H16N2O4. The van der Waals surface area contributed by atoms with Gasteiger partial charge >= 0.3 is 5.97 Å². The van der Waals surface area contributed by atoms with Crippen molar-refractivity contribution in [3.8, 4) is 11.8 Å². The normalized spacial score (nSPS) is 22.4. The van der Waals surface area contributed by atoms with Gasteiger partial charge in [-0.15, -0.1) is 0 Å². The lowest BCUT2D eigenvalue weighted by atomic mass is 10.1. The predicted molar refractivity (Wildman–Crippen MR) is 70.2 cm³/mol. The first-order valence-electron chi connectivity index (χ1n) is 6.27. The number of β-amino-alcohol motifs (C(OH)–C–C–N with tert-alkyl or cyclic N) is 1.